The van der Waals surface area contributed by atoms with E-state index in [1.54, 1.807) is 0 Å². The maximum absolute atomic E-state index is 13.4. The van der Waals surface area contributed by atoms with Crippen molar-refractivity contribution in [2.24, 2.45) is 5.41 Å². The lowest BCUT2D eigenvalue weighted by Gasteiger charge is -2.22. The molecule has 0 saturated carbocycles. The molecule has 0 heterocycles. The van der Waals surface area contributed by atoms with E-state index in [-0.39, 0.29) is 27.9 Å². The van der Waals surface area contributed by atoms with Gasteiger partial charge in [0.2, 0.25) is 0 Å². The molecule has 1 aromatic rings. The van der Waals surface area contributed by atoms with Crippen molar-refractivity contribution in [3.63, 3.8) is 0 Å². The summed E-state index contributed by atoms with van der Waals surface area (Å²) in [4.78, 5) is 0. The van der Waals surface area contributed by atoms with Crippen LogP contribution in [-0.2, 0) is 4.74 Å². The lowest BCUT2D eigenvalue weighted by Crippen LogP contribution is -2.24. The van der Waals surface area contributed by atoms with Crippen LogP contribution in [0.1, 0.15) is 83.8 Å². The number of unbranched alkanes of at least 4 members (excludes halogenated alkanes) is 6. The quantitative estimate of drug-likeness (QED) is 0.276. The molecule has 162 valence electrons. The molecular formula is C21H32Cl2F3NO. The summed E-state index contributed by atoms with van der Waals surface area (Å²) in [7, 11) is 0. The topological polar surface area (TPSA) is 35.2 Å². The lowest BCUT2D eigenvalue weighted by molar-refractivity contribution is -0.224. The number of ether oxygens (including phenoxy) is 1. The van der Waals surface area contributed by atoms with E-state index in [2.05, 4.69) is 20.8 Å². The molecule has 1 aromatic carbocycles. The van der Waals surface area contributed by atoms with Gasteiger partial charge in [0.05, 0.1) is 15.7 Å². The number of nitrogen functional groups attached to an aromatic ring is 1. The van der Waals surface area contributed by atoms with E-state index < -0.39 is 12.3 Å². The molecule has 0 unspecified atom stereocenters. The number of halogens is 5. The van der Waals surface area contributed by atoms with Crippen LogP contribution in [0.15, 0.2) is 12.1 Å². The molecule has 0 aromatic heterocycles. The molecule has 0 bridgehead atoms. The van der Waals surface area contributed by atoms with Crippen LogP contribution < -0.4 is 5.73 Å². The van der Waals surface area contributed by atoms with Crippen LogP contribution in [0.2, 0.25) is 10.0 Å². The molecule has 1 rings (SSSR count). The lowest BCUT2D eigenvalue weighted by atomic mass is 9.89. The third-order valence-electron chi connectivity index (χ3n) is 4.56. The first kappa shape index (κ1) is 25.4. The van der Waals surface area contributed by atoms with Crippen LogP contribution in [0, 0.1) is 5.41 Å². The largest absolute Gasteiger partial charge is 0.418 e. The highest BCUT2D eigenvalue weighted by molar-refractivity contribution is 6.38. The summed E-state index contributed by atoms with van der Waals surface area (Å²) in [6, 6.07) is 2.33. The number of alkyl halides is 3. The molecular weight excluding hydrogens is 410 g/mol. The fourth-order valence-electron chi connectivity index (χ4n) is 2.98. The predicted octanol–water partition coefficient (Wildman–Crippen LogP) is 8.36. The van der Waals surface area contributed by atoms with E-state index in [0.717, 1.165) is 19.3 Å². The summed E-state index contributed by atoms with van der Waals surface area (Å²) < 4.78 is 45.2. The molecule has 0 radical (unpaired) electrons. The highest BCUT2D eigenvalue weighted by Gasteiger charge is 2.42. The summed E-state index contributed by atoms with van der Waals surface area (Å²) in [5.41, 5.74) is 5.91. The van der Waals surface area contributed by atoms with Gasteiger partial charge in [-0.1, -0.05) is 82.5 Å². The predicted molar refractivity (Wildman–Crippen MR) is 112 cm³/mol. The first-order chi connectivity index (χ1) is 12.9. The Morgan fingerprint density at radius 2 is 1.36 bits per heavy atom. The van der Waals surface area contributed by atoms with E-state index in [4.69, 9.17) is 33.7 Å². The van der Waals surface area contributed by atoms with Gasteiger partial charge >= 0.3 is 6.18 Å². The van der Waals surface area contributed by atoms with Crippen molar-refractivity contribution < 1.29 is 17.9 Å². The minimum absolute atomic E-state index is 0.00758. The zero-order chi connectivity index (χ0) is 21.4. The van der Waals surface area contributed by atoms with E-state index in [1.807, 2.05) is 0 Å². The highest BCUT2D eigenvalue weighted by atomic mass is 35.5. The van der Waals surface area contributed by atoms with Gasteiger partial charge in [0, 0.05) is 6.61 Å². The molecule has 0 fully saturated rings. The van der Waals surface area contributed by atoms with Crippen LogP contribution in [0.3, 0.4) is 0 Å². The Morgan fingerprint density at radius 3 is 1.82 bits per heavy atom. The minimum Gasteiger partial charge on any atom is -0.396 e. The molecule has 0 amide bonds. The molecule has 7 heteroatoms. The second kappa shape index (κ2) is 11.5. The number of benzene rings is 1. The molecule has 0 aliphatic heterocycles. The van der Waals surface area contributed by atoms with Crippen molar-refractivity contribution in [3.05, 3.63) is 27.7 Å². The van der Waals surface area contributed by atoms with Gasteiger partial charge in [-0.25, -0.2) is 0 Å². The Balaban J connectivity index is 2.34. The van der Waals surface area contributed by atoms with E-state index in [9.17, 15) is 13.2 Å². The van der Waals surface area contributed by atoms with E-state index in [1.165, 1.54) is 37.8 Å². The number of rotatable bonds is 11. The van der Waals surface area contributed by atoms with Crippen molar-refractivity contribution in [3.8, 4) is 0 Å². The Morgan fingerprint density at radius 1 is 0.893 bits per heavy atom. The van der Waals surface area contributed by atoms with Crippen molar-refractivity contribution in [1.82, 2.24) is 0 Å². The summed E-state index contributed by atoms with van der Waals surface area (Å²) in [6.07, 6.45) is 1.79. The summed E-state index contributed by atoms with van der Waals surface area (Å²) >= 11 is 11.7. The molecule has 28 heavy (non-hydrogen) atoms. The van der Waals surface area contributed by atoms with Crippen molar-refractivity contribution in [2.45, 2.75) is 84.4 Å². The second-order valence-electron chi connectivity index (χ2n) is 8.48. The Bertz CT molecular complexity index is 577. The zero-order valence-corrected chi connectivity index (χ0v) is 18.5. The maximum atomic E-state index is 13.4. The van der Waals surface area contributed by atoms with E-state index >= 15 is 0 Å². The summed E-state index contributed by atoms with van der Waals surface area (Å²) in [5.74, 6) is 0. The van der Waals surface area contributed by atoms with Gasteiger partial charge in [0.1, 0.15) is 0 Å². The van der Waals surface area contributed by atoms with E-state index in [0.29, 0.717) is 11.8 Å². The minimum atomic E-state index is -4.55. The van der Waals surface area contributed by atoms with Crippen LogP contribution in [-0.4, -0.2) is 12.8 Å². The molecule has 0 aliphatic carbocycles. The normalized spacial score (nSPS) is 13.7. The van der Waals surface area contributed by atoms with Crippen LogP contribution in [0.25, 0.3) is 0 Å². The third-order valence-corrected chi connectivity index (χ3v) is 5.18. The molecule has 0 saturated heterocycles. The number of anilines is 1. The molecule has 1 atom stereocenters. The molecule has 2 nitrogen and oxygen atoms in total. The van der Waals surface area contributed by atoms with Gasteiger partial charge in [-0.15, -0.1) is 0 Å². The van der Waals surface area contributed by atoms with Crippen molar-refractivity contribution in [2.75, 3.05) is 12.3 Å². The van der Waals surface area contributed by atoms with Gasteiger partial charge in [-0.05, 0) is 36.0 Å². The fourth-order valence-corrected chi connectivity index (χ4v) is 3.48. The van der Waals surface area contributed by atoms with Crippen LogP contribution >= 0.6 is 23.2 Å². The van der Waals surface area contributed by atoms with Crippen molar-refractivity contribution in [1.29, 1.82) is 0 Å². The van der Waals surface area contributed by atoms with Gasteiger partial charge in [-0.2, -0.15) is 13.2 Å². The van der Waals surface area contributed by atoms with Gasteiger partial charge in [0.15, 0.2) is 6.10 Å². The number of hydrogen-bond donors (Lipinski definition) is 1. The average molecular weight is 442 g/mol. The molecule has 2 N–H and O–H groups in total. The zero-order valence-electron chi connectivity index (χ0n) is 17.0. The molecule has 0 aliphatic rings. The van der Waals surface area contributed by atoms with Gasteiger partial charge < -0.3 is 10.5 Å². The molecule has 0 spiro atoms. The summed E-state index contributed by atoms with van der Waals surface area (Å²) in [6.45, 7) is 6.77. The Labute approximate surface area is 176 Å². The smallest absolute Gasteiger partial charge is 0.396 e. The third kappa shape index (κ3) is 9.71. The maximum Gasteiger partial charge on any atom is 0.418 e. The monoisotopic (exact) mass is 441 g/mol. The second-order valence-corrected chi connectivity index (χ2v) is 9.29. The van der Waals surface area contributed by atoms with Gasteiger partial charge in [0.25, 0.3) is 0 Å². The van der Waals surface area contributed by atoms with Crippen LogP contribution in [0.5, 0.6) is 0 Å². The SMILES string of the molecule is CC(C)(C)CCCCCCCCCO[C@H](c1cc(Cl)c(N)c(Cl)c1)C(F)(F)F. The summed E-state index contributed by atoms with van der Waals surface area (Å²) in [5, 5.41) is -0.0152. The standard InChI is InChI=1S/C21H32Cl2F3NO/c1-20(2,3)11-9-7-5-4-6-8-10-12-28-19(21(24,25)26)15-13-16(22)18(27)17(23)14-15/h13-14,19H,4-12,27H2,1-3H3/t19-/m1/s1. The average Bonchev–Trinajstić information content (AvgIpc) is 2.55. The Hall–Kier alpha value is -0.650. The fraction of sp³-hybridized carbons (Fsp3) is 0.714. The first-order valence-electron chi connectivity index (χ1n) is 9.84. The highest BCUT2D eigenvalue weighted by Crippen LogP contribution is 2.40. The van der Waals surface area contributed by atoms with Crippen LogP contribution in [0.4, 0.5) is 18.9 Å². The first-order valence-corrected chi connectivity index (χ1v) is 10.6. The van der Waals surface area contributed by atoms with Crippen molar-refractivity contribution >= 4 is 28.9 Å². The Kier molecular flexibility index (Phi) is 10.4. The number of hydrogen-bond acceptors (Lipinski definition) is 2. The number of nitrogens with two attached hydrogens (primary N) is 1. The van der Waals surface area contributed by atoms with Gasteiger partial charge in [-0.3, -0.25) is 0 Å².